The predicted octanol–water partition coefficient (Wildman–Crippen LogP) is 3.33. The molecule has 0 aromatic heterocycles. The lowest BCUT2D eigenvalue weighted by atomic mass is 9.55. The zero-order valence-corrected chi connectivity index (χ0v) is 18.5. The molecular formula is C25H35NO4. The molecule has 0 unspecified atom stereocenters. The Kier molecular flexibility index (Phi) is 5.82. The lowest BCUT2D eigenvalue weighted by molar-refractivity contribution is -0.145. The van der Waals surface area contributed by atoms with E-state index in [1.54, 1.807) is 0 Å². The van der Waals surface area contributed by atoms with Gasteiger partial charge >= 0.3 is 5.97 Å². The van der Waals surface area contributed by atoms with Crippen molar-refractivity contribution in [1.82, 2.24) is 4.90 Å². The number of carbonyl (C=O) groups is 1. The van der Waals surface area contributed by atoms with Crippen molar-refractivity contribution in [3.8, 4) is 0 Å². The molecule has 2 aliphatic carbocycles. The van der Waals surface area contributed by atoms with E-state index in [9.17, 15) is 15.0 Å². The number of ether oxygens (including phenoxy) is 1. The third kappa shape index (κ3) is 3.41. The van der Waals surface area contributed by atoms with E-state index < -0.39 is 12.2 Å². The number of hydrogen-bond acceptors (Lipinski definition) is 5. The number of hydrogen-bond donors (Lipinski definition) is 2. The molecule has 1 heterocycles. The van der Waals surface area contributed by atoms with Gasteiger partial charge in [-0.3, -0.25) is 9.69 Å². The number of rotatable bonds is 5. The van der Waals surface area contributed by atoms with Crippen molar-refractivity contribution in [2.45, 2.75) is 64.4 Å². The molecule has 5 nitrogen and oxygen atoms in total. The van der Waals surface area contributed by atoms with E-state index >= 15 is 0 Å². The number of fused-ring (bicyclic) bond motifs is 2. The molecule has 8 atom stereocenters. The van der Waals surface area contributed by atoms with Gasteiger partial charge in [0, 0.05) is 30.3 Å². The highest BCUT2D eigenvalue weighted by Crippen LogP contribution is 2.56. The Morgan fingerprint density at radius 1 is 1.30 bits per heavy atom. The fourth-order valence-corrected chi connectivity index (χ4v) is 5.92. The first-order chi connectivity index (χ1) is 14.2. The zero-order chi connectivity index (χ0) is 21.6. The summed E-state index contributed by atoms with van der Waals surface area (Å²) in [6, 6.07) is 9.43. The molecule has 30 heavy (non-hydrogen) atoms. The molecule has 0 radical (unpaired) electrons. The van der Waals surface area contributed by atoms with Crippen LogP contribution in [0.3, 0.4) is 0 Å². The van der Waals surface area contributed by atoms with Crippen molar-refractivity contribution < 1.29 is 19.7 Å². The average Bonchev–Trinajstić information content (AvgIpc) is 3.05. The first-order valence-corrected chi connectivity index (χ1v) is 11.3. The van der Waals surface area contributed by atoms with Crippen LogP contribution in [0.25, 0.3) is 0 Å². The van der Waals surface area contributed by atoms with Gasteiger partial charge in [0.1, 0.15) is 6.10 Å². The van der Waals surface area contributed by atoms with E-state index in [-0.39, 0.29) is 35.4 Å². The van der Waals surface area contributed by atoms with Crippen molar-refractivity contribution in [3.63, 3.8) is 0 Å². The summed E-state index contributed by atoms with van der Waals surface area (Å²) in [7, 11) is 1.93. The molecule has 1 aromatic carbocycles. The van der Waals surface area contributed by atoms with Crippen LogP contribution in [0.5, 0.6) is 0 Å². The summed E-state index contributed by atoms with van der Waals surface area (Å²) < 4.78 is 5.77. The predicted molar refractivity (Wildman–Crippen MR) is 116 cm³/mol. The SMILES string of the molecule is C[C@@H]1CCC=C2C[C@H]3OC(=O)[C@@H](CN(C)[C@@H](C)[C@@H](O)c4ccccc4)[C@H]3[C@H](O)[C@@]21C. The molecule has 3 aliphatic rings. The normalized spacial score (nSPS) is 37.8. The summed E-state index contributed by atoms with van der Waals surface area (Å²) in [6.45, 7) is 6.81. The number of likely N-dealkylation sites (N-methyl/N-ethyl adjacent to an activating group) is 1. The van der Waals surface area contributed by atoms with Gasteiger partial charge in [-0.05, 0) is 38.3 Å². The van der Waals surface area contributed by atoms with Crippen LogP contribution in [0.4, 0.5) is 0 Å². The second-order valence-corrected chi connectivity index (χ2v) is 9.83. The Hall–Kier alpha value is -1.69. The van der Waals surface area contributed by atoms with Crippen LogP contribution in [-0.2, 0) is 9.53 Å². The Morgan fingerprint density at radius 2 is 2.00 bits per heavy atom. The Labute approximate surface area is 179 Å². The molecule has 1 saturated heterocycles. The van der Waals surface area contributed by atoms with Gasteiger partial charge in [-0.1, -0.05) is 55.8 Å². The van der Waals surface area contributed by atoms with Crippen molar-refractivity contribution in [3.05, 3.63) is 47.5 Å². The maximum Gasteiger partial charge on any atom is 0.311 e. The van der Waals surface area contributed by atoms with Crippen LogP contribution in [0.2, 0.25) is 0 Å². The van der Waals surface area contributed by atoms with Crippen LogP contribution in [0.15, 0.2) is 42.0 Å². The monoisotopic (exact) mass is 413 g/mol. The van der Waals surface area contributed by atoms with Gasteiger partial charge in [-0.25, -0.2) is 0 Å². The van der Waals surface area contributed by atoms with Gasteiger partial charge in [0.2, 0.25) is 0 Å². The third-order valence-corrected chi connectivity index (χ3v) is 8.35. The molecule has 2 fully saturated rings. The van der Waals surface area contributed by atoms with E-state index in [4.69, 9.17) is 4.74 Å². The largest absolute Gasteiger partial charge is 0.461 e. The minimum atomic E-state index is -0.647. The Bertz CT molecular complexity index is 809. The van der Waals surface area contributed by atoms with Gasteiger partial charge in [0.05, 0.1) is 18.1 Å². The van der Waals surface area contributed by atoms with E-state index in [2.05, 4.69) is 19.9 Å². The minimum Gasteiger partial charge on any atom is -0.461 e. The number of esters is 1. The molecule has 0 spiro atoms. The maximum absolute atomic E-state index is 12.8. The van der Waals surface area contributed by atoms with Gasteiger partial charge in [-0.2, -0.15) is 0 Å². The first-order valence-electron chi connectivity index (χ1n) is 11.3. The molecular weight excluding hydrogens is 378 g/mol. The van der Waals surface area contributed by atoms with Crippen LogP contribution in [0.1, 0.15) is 51.7 Å². The van der Waals surface area contributed by atoms with E-state index in [1.165, 1.54) is 5.57 Å². The van der Waals surface area contributed by atoms with Crippen molar-refractivity contribution in [2.75, 3.05) is 13.6 Å². The van der Waals surface area contributed by atoms with Crippen molar-refractivity contribution in [2.24, 2.45) is 23.2 Å². The summed E-state index contributed by atoms with van der Waals surface area (Å²) in [5.74, 6) is -0.425. The van der Waals surface area contributed by atoms with Gasteiger partial charge in [0.25, 0.3) is 0 Å². The molecule has 164 valence electrons. The molecule has 4 rings (SSSR count). The van der Waals surface area contributed by atoms with Crippen LogP contribution in [0, 0.1) is 23.2 Å². The molecule has 2 N–H and O–H groups in total. The minimum absolute atomic E-state index is 0.167. The molecule has 1 aromatic rings. The number of carbonyl (C=O) groups excluding carboxylic acids is 1. The van der Waals surface area contributed by atoms with E-state index in [1.807, 2.05) is 49.2 Å². The standard InChI is InChI=1S/C25H35NO4/c1-15-9-8-12-18-13-20-21(23(28)25(15,18)3)19(24(29)30-20)14-26(4)16(2)22(27)17-10-6-5-7-11-17/h5-7,10-12,15-16,19-23,27-28H,8-9,13-14H2,1-4H3/t15-,16+,19+,20-,21-,22-,23+,25-/m1/s1. The van der Waals surface area contributed by atoms with Crippen molar-refractivity contribution >= 4 is 5.97 Å². The van der Waals surface area contributed by atoms with Gasteiger partial charge in [-0.15, -0.1) is 0 Å². The molecule has 1 aliphatic heterocycles. The average molecular weight is 414 g/mol. The van der Waals surface area contributed by atoms with E-state index in [0.29, 0.717) is 12.5 Å². The van der Waals surface area contributed by atoms with Crippen molar-refractivity contribution in [1.29, 1.82) is 0 Å². The Balaban J connectivity index is 1.52. The van der Waals surface area contributed by atoms with Crippen LogP contribution >= 0.6 is 0 Å². The first kappa shape index (κ1) is 21.5. The summed E-state index contributed by atoms with van der Waals surface area (Å²) in [4.78, 5) is 14.9. The maximum atomic E-state index is 12.8. The van der Waals surface area contributed by atoms with Crippen LogP contribution < -0.4 is 0 Å². The summed E-state index contributed by atoms with van der Waals surface area (Å²) in [6.07, 6.45) is 3.59. The lowest BCUT2D eigenvalue weighted by Gasteiger charge is -2.52. The summed E-state index contributed by atoms with van der Waals surface area (Å²) in [5.41, 5.74) is 1.82. The fourth-order valence-electron chi connectivity index (χ4n) is 5.92. The molecule has 1 saturated carbocycles. The second kappa shape index (κ2) is 8.10. The Morgan fingerprint density at radius 3 is 2.70 bits per heavy atom. The van der Waals surface area contributed by atoms with E-state index in [0.717, 1.165) is 24.8 Å². The topological polar surface area (TPSA) is 70.0 Å². The second-order valence-electron chi connectivity index (χ2n) is 9.83. The number of aliphatic hydroxyl groups excluding tert-OH is 2. The summed E-state index contributed by atoms with van der Waals surface area (Å²) >= 11 is 0. The number of aliphatic hydroxyl groups is 2. The molecule has 0 bridgehead atoms. The van der Waals surface area contributed by atoms with Crippen LogP contribution in [-0.4, -0.2) is 52.9 Å². The number of nitrogens with zero attached hydrogens (tertiary/aromatic N) is 1. The van der Waals surface area contributed by atoms with Gasteiger partial charge < -0.3 is 14.9 Å². The molecule has 0 amide bonds. The number of benzene rings is 1. The highest BCUT2D eigenvalue weighted by atomic mass is 16.6. The molecule has 5 heteroatoms. The smallest absolute Gasteiger partial charge is 0.311 e. The third-order valence-electron chi connectivity index (χ3n) is 8.35. The quantitative estimate of drug-likeness (QED) is 0.572. The summed E-state index contributed by atoms with van der Waals surface area (Å²) in [5, 5.41) is 22.3. The fraction of sp³-hybridized carbons (Fsp3) is 0.640. The highest BCUT2D eigenvalue weighted by Gasteiger charge is 2.59. The lowest BCUT2D eigenvalue weighted by Crippen LogP contribution is -2.55. The van der Waals surface area contributed by atoms with Gasteiger partial charge in [0.15, 0.2) is 0 Å². The zero-order valence-electron chi connectivity index (χ0n) is 18.5. The highest BCUT2D eigenvalue weighted by molar-refractivity contribution is 5.76. The number of allylic oxidation sites excluding steroid dienone is 1.